The van der Waals surface area contributed by atoms with Crippen molar-refractivity contribution < 1.29 is 17.9 Å². The minimum absolute atomic E-state index is 0.0710. The molecule has 112 valence electrons. The van der Waals surface area contributed by atoms with Crippen molar-refractivity contribution in [1.29, 1.82) is 0 Å². The molecule has 0 spiro atoms. The molecular weight excluding hydrogens is 293 g/mol. The van der Waals surface area contributed by atoms with Gasteiger partial charge in [0.25, 0.3) is 0 Å². The molecule has 0 saturated carbocycles. The number of aliphatic hydroxyl groups excluding tert-OH is 1. The Hall–Kier alpha value is -1.76. The lowest BCUT2D eigenvalue weighted by molar-refractivity contribution is 0.199. The van der Waals surface area contributed by atoms with Crippen LogP contribution in [-0.4, -0.2) is 13.5 Å². The minimum Gasteiger partial charge on any atom is -0.389 e. The maximum Gasteiger partial charge on any atom is 0.240 e. The Morgan fingerprint density at radius 1 is 1.19 bits per heavy atom. The predicted molar refractivity (Wildman–Crippen MR) is 77.5 cm³/mol. The fourth-order valence-electron chi connectivity index (χ4n) is 1.81. The van der Waals surface area contributed by atoms with E-state index in [0.29, 0.717) is 11.1 Å². The van der Waals surface area contributed by atoms with Gasteiger partial charge in [-0.25, -0.2) is 17.5 Å². The highest BCUT2D eigenvalue weighted by molar-refractivity contribution is 7.89. The van der Waals surface area contributed by atoms with Crippen molar-refractivity contribution in [1.82, 2.24) is 4.72 Å². The van der Waals surface area contributed by atoms with Crippen molar-refractivity contribution in [3.63, 3.8) is 0 Å². The number of hydrogen-bond acceptors (Lipinski definition) is 3. The van der Waals surface area contributed by atoms with Crippen LogP contribution in [0.2, 0.25) is 0 Å². The molecule has 0 amide bonds. The van der Waals surface area contributed by atoms with Crippen molar-refractivity contribution >= 4 is 10.0 Å². The van der Waals surface area contributed by atoms with Crippen LogP contribution in [0.25, 0.3) is 0 Å². The van der Waals surface area contributed by atoms with Gasteiger partial charge in [-0.05, 0) is 42.3 Å². The molecule has 6 heteroatoms. The standard InChI is InChI=1S/C15H16FNO3S/c1-11(18)13-3-2-4-15(9-13)21(19,20)17-10-12-5-7-14(16)8-6-12/h2-9,11,17-18H,10H2,1H3. The number of rotatable bonds is 5. The molecule has 0 radical (unpaired) electrons. The molecule has 2 N–H and O–H groups in total. The number of nitrogens with one attached hydrogen (secondary N) is 1. The Labute approximate surface area is 123 Å². The van der Waals surface area contributed by atoms with Gasteiger partial charge in [0, 0.05) is 6.54 Å². The Morgan fingerprint density at radius 3 is 2.48 bits per heavy atom. The van der Waals surface area contributed by atoms with Gasteiger partial charge in [-0.2, -0.15) is 0 Å². The van der Waals surface area contributed by atoms with E-state index in [1.54, 1.807) is 19.1 Å². The molecule has 0 bridgehead atoms. The molecule has 2 aromatic carbocycles. The van der Waals surface area contributed by atoms with Crippen LogP contribution in [-0.2, 0) is 16.6 Å². The third-order valence-electron chi connectivity index (χ3n) is 3.03. The summed E-state index contributed by atoms with van der Waals surface area (Å²) >= 11 is 0. The summed E-state index contributed by atoms with van der Waals surface area (Å²) < 4.78 is 39.6. The molecule has 0 saturated heterocycles. The summed E-state index contributed by atoms with van der Waals surface area (Å²) in [6.45, 7) is 1.64. The van der Waals surface area contributed by atoms with Crippen LogP contribution in [0.5, 0.6) is 0 Å². The van der Waals surface area contributed by atoms with Crippen LogP contribution in [0, 0.1) is 5.82 Å². The molecule has 0 aliphatic heterocycles. The summed E-state index contributed by atoms with van der Waals surface area (Å²) in [4.78, 5) is 0.0861. The SMILES string of the molecule is CC(O)c1cccc(S(=O)(=O)NCc2ccc(F)cc2)c1. The second-order valence-electron chi connectivity index (χ2n) is 4.70. The first-order valence-electron chi connectivity index (χ1n) is 6.40. The number of sulfonamides is 1. The van der Waals surface area contributed by atoms with Gasteiger partial charge in [0.1, 0.15) is 5.82 Å². The van der Waals surface area contributed by atoms with E-state index in [2.05, 4.69) is 4.72 Å². The minimum atomic E-state index is -3.68. The first-order chi connectivity index (χ1) is 9.88. The fraction of sp³-hybridized carbons (Fsp3) is 0.200. The average Bonchev–Trinajstić information content (AvgIpc) is 2.47. The van der Waals surface area contributed by atoms with Gasteiger partial charge in [-0.3, -0.25) is 0 Å². The number of benzene rings is 2. The van der Waals surface area contributed by atoms with E-state index in [0.717, 1.165) is 0 Å². The smallest absolute Gasteiger partial charge is 0.240 e. The summed E-state index contributed by atoms with van der Waals surface area (Å²) in [6.07, 6.45) is -0.739. The maximum atomic E-state index is 12.8. The summed E-state index contributed by atoms with van der Waals surface area (Å²) in [5.74, 6) is -0.369. The fourth-order valence-corrected chi connectivity index (χ4v) is 2.88. The Balaban J connectivity index is 2.14. The summed E-state index contributed by atoms with van der Waals surface area (Å²) in [6, 6.07) is 11.7. The van der Waals surface area contributed by atoms with Crippen LogP contribution < -0.4 is 4.72 Å². The van der Waals surface area contributed by atoms with E-state index in [1.165, 1.54) is 36.4 Å². The van der Waals surface area contributed by atoms with E-state index in [1.807, 2.05) is 0 Å². The van der Waals surface area contributed by atoms with Crippen LogP contribution in [0.1, 0.15) is 24.2 Å². The zero-order valence-electron chi connectivity index (χ0n) is 11.5. The number of hydrogen-bond donors (Lipinski definition) is 2. The van der Waals surface area contributed by atoms with E-state index in [4.69, 9.17) is 0 Å². The Kier molecular flexibility index (Phi) is 4.72. The van der Waals surface area contributed by atoms with Crippen molar-refractivity contribution in [2.24, 2.45) is 0 Å². The normalized spacial score (nSPS) is 13.1. The zero-order valence-corrected chi connectivity index (χ0v) is 12.3. The summed E-state index contributed by atoms with van der Waals surface area (Å²) in [7, 11) is -3.68. The van der Waals surface area contributed by atoms with Gasteiger partial charge < -0.3 is 5.11 Å². The molecule has 0 aliphatic rings. The summed E-state index contributed by atoms with van der Waals surface area (Å²) in [5.41, 5.74) is 1.19. The lowest BCUT2D eigenvalue weighted by Crippen LogP contribution is -2.23. The summed E-state index contributed by atoms with van der Waals surface area (Å²) in [5, 5.41) is 9.50. The number of aliphatic hydroxyl groups is 1. The largest absolute Gasteiger partial charge is 0.389 e. The van der Waals surface area contributed by atoms with Gasteiger partial charge in [-0.1, -0.05) is 24.3 Å². The first-order valence-corrected chi connectivity index (χ1v) is 7.89. The molecule has 21 heavy (non-hydrogen) atoms. The maximum absolute atomic E-state index is 12.8. The molecule has 0 heterocycles. The van der Waals surface area contributed by atoms with E-state index in [9.17, 15) is 17.9 Å². The molecule has 4 nitrogen and oxygen atoms in total. The van der Waals surface area contributed by atoms with Gasteiger partial charge >= 0.3 is 0 Å². The average molecular weight is 309 g/mol. The molecular formula is C15H16FNO3S. The lowest BCUT2D eigenvalue weighted by atomic mass is 10.1. The topological polar surface area (TPSA) is 66.4 Å². The molecule has 1 unspecified atom stereocenters. The second kappa shape index (κ2) is 6.34. The Morgan fingerprint density at radius 2 is 1.86 bits per heavy atom. The first kappa shape index (κ1) is 15.6. The highest BCUT2D eigenvalue weighted by atomic mass is 32.2. The molecule has 0 aliphatic carbocycles. The predicted octanol–water partition coefficient (Wildman–Crippen LogP) is 2.36. The van der Waals surface area contributed by atoms with Gasteiger partial charge in [0.15, 0.2) is 0 Å². The van der Waals surface area contributed by atoms with Gasteiger partial charge in [-0.15, -0.1) is 0 Å². The number of halogens is 1. The molecule has 2 aromatic rings. The van der Waals surface area contributed by atoms with Crippen molar-refractivity contribution in [3.8, 4) is 0 Å². The third kappa shape index (κ3) is 4.10. The highest BCUT2D eigenvalue weighted by Crippen LogP contribution is 2.17. The molecule has 0 fully saturated rings. The van der Waals surface area contributed by atoms with Gasteiger partial charge in [0.2, 0.25) is 10.0 Å². The Bertz CT molecular complexity index is 712. The van der Waals surface area contributed by atoms with Crippen molar-refractivity contribution in [2.45, 2.75) is 24.5 Å². The van der Waals surface area contributed by atoms with Crippen molar-refractivity contribution in [3.05, 3.63) is 65.5 Å². The van der Waals surface area contributed by atoms with Crippen LogP contribution >= 0.6 is 0 Å². The van der Waals surface area contributed by atoms with Crippen LogP contribution in [0.4, 0.5) is 4.39 Å². The molecule has 1 atom stereocenters. The molecule has 0 aromatic heterocycles. The van der Waals surface area contributed by atoms with E-state index < -0.39 is 16.1 Å². The second-order valence-corrected chi connectivity index (χ2v) is 6.47. The van der Waals surface area contributed by atoms with E-state index >= 15 is 0 Å². The molecule has 2 rings (SSSR count). The quantitative estimate of drug-likeness (QED) is 0.891. The van der Waals surface area contributed by atoms with Crippen LogP contribution in [0.3, 0.4) is 0 Å². The monoisotopic (exact) mass is 309 g/mol. The zero-order chi connectivity index (χ0) is 15.5. The van der Waals surface area contributed by atoms with Crippen LogP contribution in [0.15, 0.2) is 53.4 Å². The van der Waals surface area contributed by atoms with E-state index in [-0.39, 0.29) is 17.3 Å². The van der Waals surface area contributed by atoms with Gasteiger partial charge in [0.05, 0.1) is 11.0 Å². The lowest BCUT2D eigenvalue weighted by Gasteiger charge is -2.10. The van der Waals surface area contributed by atoms with Crippen molar-refractivity contribution in [2.75, 3.05) is 0 Å². The third-order valence-corrected chi connectivity index (χ3v) is 4.43. The highest BCUT2D eigenvalue weighted by Gasteiger charge is 2.15.